The highest BCUT2D eigenvalue weighted by Crippen LogP contribution is 2.24. The monoisotopic (exact) mass is 327 g/mol. The minimum Gasteiger partial charge on any atom is -0.339 e. The van der Waals surface area contributed by atoms with Gasteiger partial charge in [0.05, 0.1) is 10.6 Å². The minimum atomic E-state index is -0.248. The first-order valence-electron chi connectivity index (χ1n) is 7.02. The summed E-state index contributed by atoms with van der Waals surface area (Å²) < 4.78 is 4.98. The lowest BCUT2D eigenvalue weighted by atomic mass is 10.1. The fraction of sp³-hybridized carbons (Fsp3) is 0.118. The van der Waals surface area contributed by atoms with Crippen LogP contribution < -0.4 is 5.32 Å². The SMILES string of the molecule is Cc1nc(-c2ccc(NC(=O)c3ccccc3Cl)c(C)c2)no1. The number of hydrogen-bond acceptors (Lipinski definition) is 4. The third-order valence-corrected chi connectivity index (χ3v) is 3.71. The van der Waals surface area contributed by atoms with Gasteiger partial charge in [-0.1, -0.05) is 28.9 Å². The largest absolute Gasteiger partial charge is 0.339 e. The number of carbonyl (C=O) groups is 1. The van der Waals surface area contributed by atoms with Crippen molar-refractivity contribution in [2.24, 2.45) is 0 Å². The van der Waals surface area contributed by atoms with Gasteiger partial charge in [-0.2, -0.15) is 4.98 Å². The van der Waals surface area contributed by atoms with Crippen LogP contribution in [-0.4, -0.2) is 16.0 Å². The van der Waals surface area contributed by atoms with Gasteiger partial charge < -0.3 is 9.84 Å². The molecule has 6 heteroatoms. The van der Waals surface area contributed by atoms with E-state index in [4.69, 9.17) is 16.1 Å². The molecule has 0 bridgehead atoms. The Kier molecular flexibility index (Phi) is 4.12. The summed E-state index contributed by atoms with van der Waals surface area (Å²) in [5.41, 5.74) is 2.87. The van der Waals surface area contributed by atoms with Crippen LogP contribution in [0.2, 0.25) is 5.02 Å². The molecule has 0 atom stereocenters. The lowest BCUT2D eigenvalue weighted by molar-refractivity contribution is 0.102. The van der Waals surface area contributed by atoms with Crippen molar-refractivity contribution >= 4 is 23.2 Å². The first-order chi connectivity index (χ1) is 11.0. The third kappa shape index (κ3) is 3.24. The van der Waals surface area contributed by atoms with Crippen LogP contribution in [0.3, 0.4) is 0 Å². The van der Waals surface area contributed by atoms with Crippen molar-refractivity contribution < 1.29 is 9.32 Å². The summed E-state index contributed by atoms with van der Waals surface area (Å²) in [6, 6.07) is 12.5. The van der Waals surface area contributed by atoms with E-state index in [0.29, 0.717) is 28.0 Å². The Morgan fingerprint density at radius 3 is 2.61 bits per heavy atom. The number of aromatic nitrogens is 2. The summed E-state index contributed by atoms with van der Waals surface area (Å²) >= 11 is 6.04. The van der Waals surface area contributed by atoms with E-state index >= 15 is 0 Å². The molecular formula is C17H14ClN3O2. The van der Waals surface area contributed by atoms with Crippen molar-refractivity contribution in [2.45, 2.75) is 13.8 Å². The van der Waals surface area contributed by atoms with E-state index in [1.807, 2.05) is 25.1 Å². The maximum atomic E-state index is 12.3. The fourth-order valence-electron chi connectivity index (χ4n) is 2.19. The summed E-state index contributed by atoms with van der Waals surface area (Å²) in [6.45, 7) is 3.64. The van der Waals surface area contributed by atoms with E-state index in [1.165, 1.54) is 0 Å². The second-order valence-corrected chi connectivity index (χ2v) is 5.51. The van der Waals surface area contributed by atoms with Crippen LogP contribution >= 0.6 is 11.6 Å². The number of hydrogen-bond donors (Lipinski definition) is 1. The molecule has 0 aliphatic rings. The Balaban J connectivity index is 1.84. The first kappa shape index (κ1) is 15.2. The van der Waals surface area contributed by atoms with Gasteiger partial charge in [-0.15, -0.1) is 0 Å². The van der Waals surface area contributed by atoms with Crippen LogP contribution in [0.15, 0.2) is 47.0 Å². The highest BCUT2D eigenvalue weighted by Gasteiger charge is 2.12. The summed E-state index contributed by atoms with van der Waals surface area (Å²) in [7, 11) is 0. The molecule has 0 radical (unpaired) electrons. The van der Waals surface area contributed by atoms with E-state index < -0.39 is 0 Å². The van der Waals surface area contributed by atoms with Crippen molar-refractivity contribution in [1.82, 2.24) is 10.1 Å². The molecule has 3 rings (SSSR count). The molecule has 2 aromatic carbocycles. The summed E-state index contributed by atoms with van der Waals surface area (Å²) in [5.74, 6) is 0.783. The number of nitrogens with one attached hydrogen (secondary N) is 1. The van der Waals surface area contributed by atoms with Crippen molar-refractivity contribution in [1.29, 1.82) is 0 Å². The van der Waals surface area contributed by atoms with Gasteiger partial charge in [0, 0.05) is 18.2 Å². The zero-order valence-electron chi connectivity index (χ0n) is 12.6. The number of amides is 1. The maximum absolute atomic E-state index is 12.3. The maximum Gasteiger partial charge on any atom is 0.257 e. The number of anilines is 1. The van der Waals surface area contributed by atoms with Crippen LogP contribution in [0.4, 0.5) is 5.69 Å². The minimum absolute atomic E-state index is 0.248. The Bertz CT molecular complexity index is 874. The molecule has 1 amide bonds. The second-order valence-electron chi connectivity index (χ2n) is 5.10. The van der Waals surface area contributed by atoms with Gasteiger partial charge in [-0.25, -0.2) is 0 Å². The molecule has 5 nitrogen and oxygen atoms in total. The normalized spacial score (nSPS) is 10.6. The molecule has 1 N–H and O–H groups in total. The first-order valence-corrected chi connectivity index (χ1v) is 7.39. The molecule has 3 aromatic rings. The Hall–Kier alpha value is -2.66. The Labute approximate surface area is 138 Å². The average molecular weight is 328 g/mol. The summed E-state index contributed by atoms with van der Waals surface area (Å²) in [6.07, 6.45) is 0. The molecular weight excluding hydrogens is 314 g/mol. The molecule has 0 saturated carbocycles. The van der Waals surface area contributed by atoms with Crippen molar-refractivity contribution in [3.8, 4) is 11.4 Å². The molecule has 23 heavy (non-hydrogen) atoms. The number of nitrogens with zero attached hydrogens (tertiary/aromatic N) is 2. The number of halogens is 1. The van der Waals surface area contributed by atoms with Gasteiger partial charge in [-0.3, -0.25) is 4.79 Å². The zero-order valence-corrected chi connectivity index (χ0v) is 13.4. The molecule has 0 aliphatic heterocycles. The summed E-state index contributed by atoms with van der Waals surface area (Å²) in [4.78, 5) is 16.5. The molecule has 1 aromatic heterocycles. The predicted molar refractivity (Wildman–Crippen MR) is 88.6 cm³/mol. The van der Waals surface area contributed by atoms with Crippen LogP contribution in [0.1, 0.15) is 21.8 Å². The number of carbonyl (C=O) groups excluding carboxylic acids is 1. The third-order valence-electron chi connectivity index (χ3n) is 3.38. The standard InChI is InChI=1S/C17H14ClN3O2/c1-10-9-12(16-19-11(2)23-21-16)7-8-15(10)20-17(22)13-5-3-4-6-14(13)18/h3-9H,1-2H3,(H,20,22). The van der Waals surface area contributed by atoms with Crippen molar-refractivity contribution in [2.75, 3.05) is 5.32 Å². The zero-order chi connectivity index (χ0) is 16.4. The Morgan fingerprint density at radius 1 is 1.17 bits per heavy atom. The quantitative estimate of drug-likeness (QED) is 0.780. The van der Waals surface area contributed by atoms with Gasteiger partial charge in [0.1, 0.15) is 0 Å². The van der Waals surface area contributed by atoms with E-state index in [2.05, 4.69) is 15.5 Å². The lowest BCUT2D eigenvalue weighted by Gasteiger charge is -2.10. The number of rotatable bonds is 3. The molecule has 0 unspecified atom stereocenters. The smallest absolute Gasteiger partial charge is 0.257 e. The lowest BCUT2D eigenvalue weighted by Crippen LogP contribution is -2.13. The van der Waals surface area contributed by atoms with Crippen molar-refractivity contribution in [3.63, 3.8) is 0 Å². The van der Waals surface area contributed by atoms with Crippen LogP contribution in [0, 0.1) is 13.8 Å². The van der Waals surface area contributed by atoms with Crippen LogP contribution in [0.5, 0.6) is 0 Å². The molecule has 0 fully saturated rings. The van der Waals surface area contributed by atoms with Gasteiger partial charge in [0.25, 0.3) is 5.91 Å². The molecule has 0 spiro atoms. The number of aryl methyl sites for hydroxylation is 2. The van der Waals surface area contributed by atoms with Crippen LogP contribution in [-0.2, 0) is 0 Å². The van der Waals surface area contributed by atoms with Gasteiger partial charge in [-0.05, 0) is 42.8 Å². The van der Waals surface area contributed by atoms with Gasteiger partial charge >= 0.3 is 0 Å². The molecule has 0 aliphatic carbocycles. The predicted octanol–water partition coefficient (Wildman–Crippen LogP) is 4.26. The average Bonchev–Trinajstić information content (AvgIpc) is 2.96. The van der Waals surface area contributed by atoms with Gasteiger partial charge in [0.15, 0.2) is 0 Å². The highest BCUT2D eigenvalue weighted by atomic mass is 35.5. The molecule has 1 heterocycles. The van der Waals surface area contributed by atoms with E-state index in [0.717, 1.165) is 11.1 Å². The molecule has 0 saturated heterocycles. The van der Waals surface area contributed by atoms with E-state index in [1.54, 1.807) is 31.2 Å². The number of benzene rings is 2. The topological polar surface area (TPSA) is 68.0 Å². The Morgan fingerprint density at radius 2 is 1.96 bits per heavy atom. The van der Waals surface area contributed by atoms with Gasteiger partial charge in [0.2, 0.25) is 11.7 Å². The van der Waals surface area contributed by atoms with Crippen LogP contribution in [0.25, 0.3) is 11.4 Å². The molecule has 116 valence electrons. The summed E-state index contributed by atoms with van der Waals surface area (Å²) in [5, 5.41) is 7.17. The fourth-order valence-corrected chi connectivity index (χ4v) is 2.42. The van der Waals surface area contributed by atoms with Crippen molar-refractivity contribution in [3.05, 3.63) is 64.5 Å². The highest BCUT2D eigenvalue weighted by molar-refractivity contribution is 6.34. The van der Waals surface area contributed by atoms with E-state index in [9.17, 15) is 4.79 Å². The van der Waals surface area contributed by atoms with E-state index in [-0.39, 0.29) is 5.91 Å². The second kappa shape index (κ2) is 6.22.